The van der Waals surface area contributed by atoms with Crippen LogP contribution >= 0.6 is 11.3 Å². The van der Waals surface area contributed by atoms with Crippen LogP contribution in [0.1, 0.15) is 16.1 Å². The molecular formula is C20H16N4O2S. The van der Waals surface area contributed by atoms with E-state index in [1.807, 2.05) is 36.6 Å². The topological polar surface area (TPSA) is 91.8 Å². The molecule has 1 aromatic heterocycles. The molecule has 0 saturated heterocycles. The molecule has 3 aromatic rings. The molecule has 1 N–H and O–H groups in total. The van der Waals surface area contributed by atoms with E-state index in [1.54, 1.807) is 19.2 Å². The lowest BCUT2D eigenvalue weighted by Crippen LogP contribution is -1.95. The van der Waals surface area contributed by atoms with Crippen LogP contribution in [0.3, 0.4) is 0 Å². The third kappa shape index (κ3) is 4.19. The van der Waals surface area contributed by atoms with Gasteiger partial charge in [-0.1, -0.05) is 29.8 Å². The third-order valence-electron chi connectivity index (χ3n) is 4.00. The number of thiazole rings is 1. The summed E-state index contributed by atoms with van der Waals surface area (Å²) in [6.07, 6.45) is 1.58. The number of allylic oxidation sites excluding steroid dienone is 1. The second-order valence-electron chi connectivity index (χ2n) is 5.97. The monoisotopic (exact) mass is 376 g/mol. The molecule has 0 aliphatic carbocycles. The van der Waals surface area contributed by atoms with E-state index in [-0.39, 0.29) is 5.69 Å². The molecule has 27 heavy (non-hydrogen) atoms. The highest BCUT2D eigenvalue weighted by atomic mass is 32.1. The van der Waals surface area contributed by atoms with E-state index in [0.29, 0.717) is 16.3 Å². The van der Waals surface area contributed by atoms with Crippen molar-refractivity contribution >= 4 is 28.3 Å². The van der Waals surface area contributed by atoms with Gasteiger partial charge in [0.15, 0.2) is 0 Å². The van der Waals surface area contributed by atoms with Gasteiger partial charge in [-0.2, -0.15) is 5.26 Å². The number of non-ortho nitro benzene ring substituents is 1. The van der Waals surface area contributed by atoms with Crippen LogP contribution in [-0.4, -0.2) is 9.91 Å². The molecule has 0 bridgehead atoms. The lowest BCUT2D eigenvalue weighted by molar-refractivity contribution is -0.384. The highest BCUT2D eigenvalue weighted by Crippen LogP contribution is 2.27. The summed E-state index contributed by atoms with van der Waals surface area (Å²) in [6.45, 7) is 3.80. The quantitative estimate of drug-likeness (QED) is 0.370. The molecule has 0 saturated carbocycles. The first-order valence-corrected chi connectivity index (χ1v) is 9.00. The summed E-state index contributed by atoms with van der Waals surface area (Å²) in [5.74, 6) is 0. The first-order valence-electron chi connectivity index (χ1n) is 8.12. The Morgan fingerprint density at radius 1 is 1.26 bits per heavy atom. The predicted octanol–water partition coefficient (Wildman–Crippen LogP) is 5.31. The molecule has 7 heteroatoms. The molecule has 3 rings (SSSR count). The van der Waals surface area contributed by atoms with E-state index in [1.165, 1.54) is 29.0 Å². The van der Waals surface area contributed by atoms with Gasteiger partial charge in [-0.15, -0.1) is 11.3 Å². The SMILES string of the molecule is Cc1ccc(-c2csc(C(C#N)=CNc3ccc([N+](=O)[O-])cc3C)n2)cc1. The Labute approximate surface area is 160 Å². The average Bonchev–Trinajstić information content (AvgIpc) is 3.13. The summed E-state index contributed by atoms with van der Waals surface area (Å²) in [4.78, 5) is 14.9. The molecule has 0 aliphatic rings. The number of anilines is 1. The van der Waals surface area contributed by atoms with E-state index in [2.05, 4.69) is 16.4 Å². The predicted molar refractivity (Wildman–Crippen MR) is 107 cm³/mol. The summed E-state index contributed by atoms with van der Waals surface area (Å²) in [5, 5.41) is 25.9. The number of aromatic nitrogens is 1. The molecule has 134 valence electrons. The molecule has 2 aromatic carbocycles. The van der Waals surface area contributed by atoms with Gasteiger partial charge in [0.05, 0.1) is 10.6 Å². The summed E-state index contributed by atoms with van der Waals surface area (Å²) in [7, 11) is 0. The first kappa shape index (κ1) is 18.3. The fraction of sp³-hybridized carbons (Fsp3) is 0.100. The summed E-state index contributed by atoms with van der Waals surface area (Å²) < 4.78 is 0. The van der Waals surface area contributed by atoms with Crippen molar-refractivity contribution in [2.45, 2.75) is 13.8 Å². The highest BCUT2D eigenvalue weighted by Gasteiger charge is 2.10. The van der Waals surface area contributed by atoms with Crippen LogP contribution in [-0.2, 0) is 0 Å². The minimum absolute atomic E-state index is 0.0326. The van der Waals surface area contributed by atoms with Gasteiger partial charge < -0.3 is 5.32 Å². The number of aryl methyl sites for hydroxylation is 2. The maximum Gasteiger partial charge on any atom is 0.269 e. The van der Waals surface area contributed by atoms with E-state index in [9.17, 15) is 15.4 Å². The van der Waals surface area contributed by atoms with Crippen molar-refractivity contribution in [1.29, 1.82) is 5.26 Å². The van der Waals surface area contributed by atoms with Crippen molar-refractivity contribution < 1.29 is 4.92 Å². The van der Waals surface area contributed by atoms with Crippen molar-refractivity contribution in [3.63, 3.8) is 0 Å². The van der Waals surface area contributed by atoms with Crippen LogP contribution in [0.15, 0.2) is 54.0 Å². The van der Waals surface area contributed by atoms with Crippen LogP contribution in [0.5, 0.6) is 0 Å². The Morgan fingerprint density at radius 3 is 2.63 bits per heavy atom. The van der Waals surface area contributed by atoms with Gasteiger partial charge in [-0.05, 0) is 25.5 Å². The highest BCUT2D eigenvalue weighted by molar-refractivity contribution is 7.11. The van der Waals surface area contributed by atoms with Gasteiger partial charge in [-0.25, -0.2) is 4.98 Å². The summed E-state index contributed by atoms with van der Waals surface area (Å²) >= 11 is 1.40. The maximum atomic E-state index is 10.8. The van der Waals surface area contributed by atoms with Gasteiger partial charge in [0.2, 0.25) is 0 Å². The number of hydrogen-bond donors (Lipinski definition) is 1. The molecule has 0 spiro atoms. The lowest BCUT2D eigenvalue weighted by atomic mass is 10.1. The molecule has 6 nitrogen and oxygen atoms in total. The van der Waals surface area contributed by atoms with E-state index >= 15 is 0 Å². The molecule has 0 aliphatic heterocycles. The van der Waals surface area contributed by atoms with Crippen molar-refractivity contribution in [3.05, 3.63) is 80.3 Å². The van der Waals surface area contributed by atoms with Gasteiger partial charge >= 0.3 is 0 Å². The van der Waals surface area contributed by atoms with Crippen LogP contribution in [0.4, 0.5) is 11.4 Å². The van der Waals surface area contributed by atoms with Crippen molar-refractivity contribution in [2.24, 2.45) is 0 Å². The number of nitriles is 1. The minimum atomic E-state index is -0.435. The van der Waals surface area contributed by atoms with E-state index < -0.39 is 4.92 Å². The summed E-state index contributed by atoms with van der Waals surface area (Å²) in [6, 6.07) is 14.7. The molecule has 0 radical (unpaired) electrons. The fourth-order valence-electron chi connectivity index (χ4n) is 2.47. The number of nitro groups is 1. The standard InChI is InChI=1S/C20H16N4O2S/c1-13-3-5-15(6-4-13)19-12-27-20(23-19)16(10-21)11-22-18-8-7-17(24(25)26)9-14(18)2/h3-9,11-12,22H,1-2H3. The largest absolute Gasteiger partial charge is 0.360 e. The van der Waals surface area contributed by atoms with Crippen molar-refractivity contribution in [3.8, 4) is 17.3 Å². The molecule has 1 heterocycles. The van der Waals surface area contributed by atoms with E-state index in [0.717, 1.165) is 16.8 Å². The second kappa shape index (κ2) is 7.81. The van der Waals surface area contributed by atoms with Crippen LogP contribution in [0.25, 0.3) is 16.8 Å². The molecule has 0 atom stereocenters. The minimum Gasteiger partial charge on any atom is -0.360 e. The van der Waals surface area contributed by atoms with Gasteiger partial charge in [0.1, 0.15) is 16.6 Å². The zero-order valence-corrected chi connectivity index (χ0v) is 15.6. The number of nitro benzene ring substituents is 1. The zero-order chi connectivity index (χ0) is 19.4. The van der Waals surface area contributed by atoms with E-state index in [4.69, 9.17) is 0 Å². The molecule has 0 unspecified atom stereocenters. The van der Waals surface area contributed by atoms with Crippen molar-refractivity contribution in [1.82, 2.24) is 4.98 Å². The Hall–Kier alpha value is -3.50. The van der Waals surface area contributed by atoms with Gasteiger partial charge in [0.25, 0.3) is 5.69 Å². The second-order valence-corrected chi connectivity index (χ2v) is 6.83. The smallest absolute Gasteiger partial charge is 0.269 e. The molecular weight excluding hydrogens is 360 g/mol. The number of nitrogens with zero attached hydrogens (tertiary/aromatic N) is 3. The average molecular weight is 376 g/mol. The van der Waals surface area contributed by atoms with Gasteiger partial charge in [-0.3, -0.25) is 10.1 Å². The van der Waals surface area contributed by atoms with Gasteiger partial charge in [0, 0.05) is 35.0 Å². The number of hydrogen-bond acceptors (Lipinski definition) is 6. The van der Waals surface area contributed by atoms with Crippen molar-refractivity contribution in [2.75, 3.05) is 5.32 Å². The maximum absolute atomic E-state index is 10.8. The fourth-order valence-corrected chi connectivity index (χ4v) is 3.26. The Balaban J connectivity index is 1.82. The number of nitrogens with one attached hydrogen (secondary N) is 1. The first-order chi connectivity index (χ1) is 13.0. The molecule has 0 amide bonds. The van der Waals surface area contributed by atoms with Crippen LogP contribution in [0.2, 0.25) is 0 Å². The van der Waals surface area contributed by atoms with Crippen LogP contribution in [0, 0.1) is 35.3 Å². The Morgan fingerprint density at radius 2 is 2.00 bits per heavy atom. The van der Waals surface area contributed by atoms with Crippen LogP contribution < -0.4 is 5.32 Å². The molecule has 0 fully saturated rings. The number of benzene rings is 2. The zero-order valence-electron chi connectivity index (χ0n) is 14.8. The third-order valence-corrected chi connectivity index (χ3v) is 4.87. The Kier molecular flexibility index (Phi) is 5.29. The normalized spacial score (nSPS) is 11.1. The Bertz CT molecular complexity index is 1060. The lowest BCUT2D eigenvalue weighted by Gasteiger charge is -2.05. The summed E-state index contributed by atoms with van der Waals surface area (Å²) in [5.41, 5.74) is 4.85. The number of rotatable bonds is 5.